The van der Waals surface area contributed by atoms with Crippen molar-refractivity contribution in [1.82, 2.24) is 9.29 Å². The van der Waals surface area contributed by atoms with Gasteiger partial charge in [-0.25, -0.2) is 8.42 Å². The van der Waals surface area contributed by atoms with Crippen LogP contribution in [0.1, 0.15) is 22.1 Å². The number of hydrogen-bond donors (Lipinski definition) is 1. The van der Waals surface area contributed by atoms with E-state index in [0.717, 1.165) is 10.4 Å². The Balaban J connectivity index is 1.80. The van der Waals surface area contributed by atoms with E-state index in [0.29, 0.717) is 12.0 Å². The summed E-state index contributed by atoms with van der Waals surface area (Å²) in [4.78, 5) is 5.22. The lowest BCUT2D eigenvalue weighted by atomic mass is 9.98. The Labute approximate surface area is 156 Å². The highest BCUT2D eigenvalue weighted by Crippen LogP contribution is 2.39. The van der Waals surface area contributed by atoms with Gasteiger partial charge in [0.05, 0.1) is 17.0 Å². The number of rotatable bonds is 4. The summed E-state index contributed by atoms with van der Waals surface area (Å²) in [7, 11) is -3.71. The van der Waals surface area contributed by atoms with Gasteiger partial charge in [0.2, 0.25) is 10.0 Å². The monoisotopic (exact) mass is 386 g/mol. The fraction of sp³-hybridized carbons (Fsp3) is 0.211. The lowest BCUT2D eigenvalue weighted by Gasteiger charge is -2.39. The summed E-state index contributed by atoms with van der Waals surface area (Å²) in [5.41, 5.74) is 1.31. The fourth-order valence-corrected chi connectivity index (χ4v) is 5.96. The van der Waals surface area contributed by atoms with E-state index in [4.69, 9.17) is 0 Å². The maximum Gasteiger partial charge on any atom is 0.244 e. The summed E-state index contributed by atoms with van der Waals surface area (Å²) in [5, 5.41) is 12.9. The van der Waals surface area contributed by atoms with Crippen molar-refractivity contribution in [2.45, 2.75) is 30.0 Å². The van der Waals surface area contributed by atoms with E-state index in [2.05, 4.69) is 4.98 Å². The summed E-state index contributed by atoms with van der Waals surface area (Å²) in [6.07, 6.45) is 2.88. The molecule has 134 valence electrons. The van der Waals surface area contributed by atoms with Crippen LogP contribution in [-0.2, 0) is 23.0 Å². The molecule has 4 rings (SSSR count). The lowest BCUT2D eigenvalue weighted by Crippen LogP contribution is -2.48. The van der Waals surface area contributed by atoms with E-state index >= 15 is 0 Å². The van der Waals surface area contributed by atoms with Crippen LogP contribution in [0.2, 0.25) is 0 Å². The first kappa shape index (κ1) is 17.4. The van der Waals surface area contributed by atoms with Crippen LogP contribution in [0, 0.1) is 0 Å². The minimum Gasteiger partial charge on any atom is -0.387 e. The third-order valence-corrected chi connectivity index (χ3v) is 7.48. The van der Waals surface area contributed by atoms with Gasteiger partial charge in [0.1, 0.15) is 0 Å². The smallest absolute Gasteiger partial charge is 0.244 e. The molecule has 2 aromatic heterocycles. The van der Waals surface area contributed by atoms with E-state index < -0.39 is 22.2 Å². The topological polar surface area (TPSA) is 70.5 Å². The molecule has 0 unspecified atom stereocenters. The molecule has 1 aromatic carbocycles. The Morgan fingerprint density at radius 3 is 2.58 bits per heavy atom. The largest absolute Gasteiger partial charge is 0.387 e. The molecular formula is C19H18N2O3S2. The first-order valence-corrected chi connectivity index (χ1v) is 10.6. The van der Waals surface area contributed by atoms with Crippen LogP contribution < -0.4 is 0 Å². The molecule has 26 heavy (non-hydrogen) atoms. The lowest BCUT2D eigenvalue weighted by molar-refractivity contribution is 0.0773. The van der Waals surface area contributed by atoms with E-state index in [1.165, 1.54) is 4.31 Å². The van der Waals surface area contributed by atoms with Crippen LogP contribution in [0.4, 0.5) is 0 Å². The second-order valence-electron chi connectivity index (χ2n) is 6.24. The SMILES string of the molecule is O=S1(=O)c2ccccc2[C@@H](O)[C@H](Cc2cccs2)N1Cc1ccncc1. The van der Waals surface area contributed by atoms with Crippen molar-refractivity contribution in [3.05, 3.63) is 82.3 Å². The van der Waals surface area contributed by atoms with Crippen LogP contribution in [0.3, 0.4) is 0 Å². The molecule has 1 aliphatic heterocycles. The van der Waals surface area contributed by atoms with Crippen LogP contribution in [0.15, 0.2) is 71.2 Å². The summed E-state index contributed by atoms with van der Waals surface area (Å²) in [6, 6.07) is 13.7. The maximum absolute atomic E-state index is 13.3. The predicted octanol–water partition coefficient (Wildman–Crippen LogP) is 2.99. The van der Waals surface area contributed by atoms with Crippen molar-refractivity contribution >= 4 is 21.4 Å². The van der Waals surface area contributed by atoms with Crippen molar-refractivity contribution < 1.29 is 13.5 Å². The van der Waals surface area contributed by atoms with Crippen LogP contribution >= 0.6 is 11.3 Å². The summed E-state index contributed by atoms with van der Waals surface area (Å²) in [5.74, 6) is 0. The highest BCUT2D eigenvalue weighted by molar-refractivity contribution is 7.89. The Hall–Kier alpha value is -2.06. The van der Waals surface area contributed by atoms with Crippen molar-refractivity contribution in [3.63, 3.8) is 0 Å². The van der Waals surface area contributed by atoms with Crippen molar-refractivity contribution in [3.8, 4) is 0 Å². The van der Waals surface area contributed by atoms with Gasteiger partial charge in [-0.2, -0.15) is 4.31 Å². The molecule has 0 saturated carbocycles. The van der Waals surface area contributed by atoms with Gasteiger partial charge in [0.15, 0.2) is 0 Å². The molecule has 0 aliphatic carbocycles. The third kappa shape index (κ3) is 3.07. The average molecular weight is 386 g/mol. The third-order valence-electron chi connectivity index (χ3n) is 4.64. The predicted molar refractivity (Wildman–Crippen MR) is 100 cm³/mol. The molecule has 3 heterocycles. The molecule has 7 heteroatoms. The van der Waals surface area contributed by atoms with Gasteiger partial charge in [0.25, 0.3) is 0 Å². The highest BCUT2D eigenvalue weighted by Gasteiger charge is 2.43. The number of sulfonamides is 1. The second kappa shape index (κ2) is 6.92. The summed E-state index contributed by atoms with van der Waals surface area (Å²) >= 11 is 1.57. The van der Waals surface area contributed by atoms with Gasteiger partial charge in [-0.3, -0.25) is 4.98 Å². The Morgan fingerprint density at radius 2 is 1.85 bits per heavy atom. The van der Waals surface area contributed by atoms with Crippen LogP contribution in [0.25, 0.3) is 0 Å². The van der Waals surface area contributed by atoms with Crippen LogP contribution in [-0.4, -0.2) is 28.9 Å². The zero-order chi connectivity index (χ0) is 18.1. The van der Waals surface area contributed by atoms with Gasteiger partial charge >= 0.3 is 0 Å². The number of pyridine rings is 1. The molecule has 0 saturated heterocycles. The summed E-state index contributed by atoms with van der Waals surface area (Å²) in [6.45, 7) is 0.201. The number of nitrogens with zero attached hydrogens (tertiary/aromatic N) is 2. The van der Waals surface area contributed by atoms with E-state index in [1.807, 2.05) is 17.5 Å². The number of thiophene rings is 1. The van der Waals surface area contributed by atoms with Gasteiger partial charge < -0.3 is 5.11 Å². The number of hydrogen-bond acceptors (Lipinski definition) is 5. The fourth-order valence-electron chi connectivity index (χ4n) is 3.35. The first-order chi connectivity index (χ1) is 12.6. The number of aliphatic hydroxyl groups is 1. The Bertz CT molecular complexity index is 989. The van der Waals surface area contributed by atoms with Crippen molar-refractivity contribution in [2.75, 3.05) is 0 Å². The minimum absolute atomic E-state index is 0.184. The zero-order valence-electron chi connectivity index (χ0n) is 13.9. The number of aliphatic hydroxyl groups excluding tert-OH is 1. The molecule has 1 aliphatic rings. The molecular weight excluding hydrogens is 368 g/mol. The Kier molecular flexibility index (Phi) is 4.62. The van der Waals surface area contributed by atoms with E-state index in [1.54, 1.807) is 60.1 Å². The van der Waals surface area contributed by atoms with Gasteiger partial charge in [-0.15, -0.1) is 11.3 Å². The molecule has 0 fully saturated rings. The van der Waals surface area contributed by atoms with Gasteiger partial charge in [-0.05, 0) is 35.2 Å². The number of aromatic nitrogens is 1. The normalized spacial score (nSPS) is 22.0. The molecule has 1 N–H and O–H groups in total. The minimum atomic E-state index is -3.71. The molecule has 0 bridgehead atoms. The first-order valence-electron chi connectivity index (χ1n) is 8.27. The number of benzene rings is 1. The van der Waals surface area contributed by atoms with Crippen molar-refractivity contribution in [1.29, 1.82) is 0 Å². The average Bonchev–Trinajstić information content (AvgIpc) is 3.17. The molecule has 3 aromatic rings. The number of fused-ring (bicyclic) bond motifs is 1. The Morgan fingerprint density at radius 1 is 1.08 bits per heavy atom. The van der Waals surface area contributed by atoms with Crippen LogP contribution in [0.5, 0.6) is 0 Å². The molecule has 0 spiro atoms. The van der Waals surface area contributed by atoms with E-state index in [-0.39, 0.29) is 11.4 Å². The standard InChI is InChI=1S/C19H18N2O3S2/c22-19-16-5-1-2-6-18(16)26(23,24)21(13-14-7-9-20-10-8-14)17(19)12-15-4-3-11-25-15/h1-11,17,19,22H,12-13H2/t17-,19+/m0/s1. The maximum atomic E-state index is 13.3. The highest BCUT2D eigenvalue weighted by atomic mass is 32.2. The van der Waals surface area contributed by atoms with E-state index in [9.17, 15) is 13.5 Å². The zero-order valence-corrected chi connectivity index (χ0v) is 15.5. The molecule has 5 nitrogen and oxygen atoms in total. The van der Waals surface area contributed by atoms with Gasteiger partial charge in [-0.1, -0.05) is 24.3 Å². The molecule has 0 amide bonds. The van der Waals surface area contributed by atoms with Crippen molar-refractivity contribution in [2.24, 2.45) is 0 Å². The summed E-state index contributed by atoms with van der Waals surface area (Å²) < 4.78 is 28.0. The molecule has 0 radical (unpaired) electrons. The quantitative estimate of drug-likeness (QED) is 0.748. The van der Waals surface area contributed by atoms with Gasteiger partial charge in [0, 0.05) is 35.8 Å². The second-order valence-corrected chi connectivity index (χ2v) is 9.13. The molecule has 2 atom stereocenters.